The highest BCUT2D eigenvalue weighted by Gasteiger charge is 2.11. The quantitative estimate of drug-likeness (QED) is 0.378. The van der Waals surface area contributed by atoms with E-state index in [4.69, 9.17) is 4.74 Å². The number of hydrogen-bond donors (Lipinski definition) is 2. The minimum atomic E-state index is -0.355. The van der Waals surface area contributed by atoms with Crippen molar-refractivity contribution < 1.29 is 19.1 Å². The van der Waals surface area contributed by atoms with Crippen LogP contribution < -0.4 is 15.4 Å². The lowest BCUT2D eigenvalue weighted by atomic mass is 10.1. The van der Waals surface area contributed by atoms with Gasteiger partial charge < -0.3 is 15.4 Å². The Hall–Kier alpha value is -4.86. The molecule has 0 unspecified atom stereocenters. The lowest BCUT2D eigenvalue weighted by molar-refractivity contribution is -0.117. The van der Waals surface area contributed by atoms with Gasteiger partial charge in [0.1, 0.15) is 12.3 Å². The Morgan fingerprint density at radius 2 is 1.63 bits per heavy atom. The molecule has 0 aliphatic rings. The summed E-state index contributed by atoms with van der Waals surface area (Å²) in [5.41, 5.74) is 2.80. The smallest absolute Gasteiger partial charge is 0.255 e. The summed E-state index contributed by atoms with van der Waals surface area (Å²) in [4.78, 5) is 37.4. The van der Waals surface area contributed by atoms with Crippen LogP contribution in [0.15, 0.2) is 72.8 Å². The number of ketones is 1. The first-order chi connectivity index (χ1) is 16.9. The molecule has 0 aliphatic carbocycles. The van der Waals surface area contributed by atoms with E-state index < -0.39 is 0 Å². The number of nitrogens with zero attached hydrogens (tertiary/aromatic N) is 4. The first kappa shape index (κ1) is 23.3. The molecule has 0 atom stereocenters. The summed E-state index contributed by atoms with van der Waals surface area (Å²) in [5.74, 6) is 0.320. The molecule has 0 spiro atoms. The molecule has 2 N–H and O–H groups in total. The lowest BCUT2D eigenvalue weighted by Gasteiger charge is -2.06. The molecule has 4 aromatic rings. The average Bonchev–Trinajstić information content (AvgIpc) is 3.33. The van der Waals surface area contributed by atoms with Gasteiger partial charge in [0.15, 0.2) is 5.78 Å². The average molecular weight is 470 g/mol. The van der Waals surface area contributed by atoms with Crippen molar-refractivity contribution in [1.29, 1.82) is 0 Å². The monoisotopic (exact) mass is 470 g/mol. The van der Waals surface area contributed by atoms with E-state index in [0.29, 0.717) is 39.6 Å². The Morgan fingerprint density at radius 3 is 2.31 bits per heavy atom. The van der Waals surface area contributed by atoms with E-state index in [1.54, 1.807) is 79.9 Å². The van der Waals surface area contributed by atoms with Crippen molar-refractivity contribution >= 4 is 29.0 Å². The lowest BCUT2D eigenvalue weighted by Crippen LogP contribution is -2.20. The second-order valence-corrected chi connectivity index (χ2v) is 7.59. The topological polar surface area (TPSA) is 128 Å². The van der Waals surface area contributed by atoms with Gasteiger partial charge in [0, 0.05) is 28.1 Å². The normalized spacial score (nSPS) is 10.5. The van der Waals surface area contributed by atoms with Crippen LogP contribution in [0.3, 0.4) is 0 Å². The minimum absolute atomic E-state index is 0.0880. The van der Waals surface area contributed by atoms with Gasteiger partial charge in [-0.05, 0) is 72.8 Å². The van der Waals surface area contributed by atoms with Gasteiger partial charge in [-0.15, -0.1) is 10.2 Å². The second kappa shape index (κ2) is 10.4. The summed E-state index contributed by atoms with van der Waals surface area (Å²) in [6.07, 6.45) is 0. The molecule has 0 saturated carbocycles. The number of hydrogen-bond acceptors (Lipinski definition) is 7. The van der Waals surface area contributed by atoms with Crippen LogP contribution in [0.4, 0.5) is 11.4 Å². The van der Waals surface area contributed by atoms with E-state index in [9.17, 15) is 14.4 Å². The molecule has 0 radical (unpaired) electrons. The van der Waals surface area contributed by atoms with E-state index in [1.807, 2.05) is 0 Å². The highest BCUT2D eigenvalue weighted by Crippen LogP contribution is 2.19. The fourth-order valence-corrected chi connectivity index (χ4v) is 3.22. The van der Waals surface area contributed by atoms with Gasteiger partial charge in [0.2, 0.25) is 11.7 Å². The van der Waals surface area contributed by atoms with Crippen LogP contribution in [0.25, 0.3) is 11.4 Å². The molecule has 1 aromatic heterocycles. The number of tetrazole rings is 1. The second-order valence-electron chi connectivity index (χ2n) is 7.59. The van der Waals surface area contributed by atoms with Gasteiger partial charge in [-0.2, -0.15) is 4.80 Å². The molecule has 1 heterocycles. The van der Waals surface area contributed by atoms with E-state index >= 15 is 0 Å². The summed E-state index contributed by atoms with van der Waals surface area (Å²) in [5, 5.41) is 17.7. The van der Waals surface area contributed by atoms with Crippen LogP contribution in [0.1, 0.15) is 27.6 Å². The van der Waals surface area contributed by atoms with Gasteiger partial charge in [0.05, 0.1) is 7.11 Å². The molecule has 0 fully saturated rings. The molecule has 35 heavy (non-hydrogen) atoms. The fourth-order valence-electron chi connectivity index (χ4n) is 3.22. The summed E-state index contributed by atoms with van der Waals surface area (Å²) in [6.45, 7) is 1.32. The molecule has 3 aromatic carbocycles. The van der Waals surface area contributed by atoms with Gasteiger partial charge in [-0.25, -0.2) is 0 Å². The number of rotatable bonds is 8. The number of nitrogens with one attached hydrogen (secondary N) is 2. The zero-order chi connectivity index (χ0) is 24.8. The van der Waals surface area contributed by atoms with Crippen LogP contribution >= 0.6 is 0 Å². The summed E-state index contributed by atoms with van der Waals surface area (Å²) in [6, 6.07) is 20.4. The van der Waals surface area contributed by atoms with E-state index in [2.05, 4.69) is 26.0 Å². The van der Waals surface area contributed by atoms with Gasteiger partial charge in [-0.3, -0.25) is 14.4 Å². The molecule has 0 bridgehead atoms. The largest absolute Gasteiger partial charge is 0.497 e. The Balaban J connectivity index is 1.35. The van der Waals surface area contributed by atoms with Crippen molar-refractivity contribution in [2.24, 2.45) is 0 Å². The van der Waals surface area contributed by atoms with Crippen LogP contribution in [0, 0.1) is 0 Å². The maximum absolute atomic E-state index is 12.4. The van der Waals surface area contributed by atoms with Crippen LogP contribution in [0.5, 0.6) is 5.75 Å². The SMILES string of the molecule is COc1ccc(C(=O)Nc2ccc(-c3nnn(CC(=O)Nc4cccc(C(C)=O)c4)n3)cc2)cc1. The maximum Gasteiger partial charge on any atom is 0.255 e. The Kier molecular flexibility index (Phi) is 6.91. The number of ether oxygens (including phenoxy) is 1. The fraction of sp³-hybridized carbons (Fsp3) is 0.120. The number of benzene rings is 3. The number of carbonyl (C=O) groups excluding carboxylic acids is 3. The number of Topliss-reactive ketones (excluding diaryl/α,β-unsaturated/α-hetero) is 1. The standard InChI is InChI=1S/C25H22N6O4/c1-16(32)19-4-3-5-21(14-19)26-23(33)15-31-29-24(28-30-31)17-6-10-20(11-7-17)27-25(34)18-8-12-22(35-2)13-9-18/h3-14H,15H2,1-2H3,(H,26,33)(H,27,34). The van der Waals surface area contributed by atoms with E-state index in [1.165, 1.54) is 11.7 Å². The third-order valence-corrected chi connectivity index (χ3v) is 5.04. The number of methoxy groups -OCH3 is 1. The summed E-state index contributed by atoms with van der Waals surface area (Å²) in [7, 11) is 1.56. The molecular weight excluding hydrogens is 448 g/mol. The molecule has 176 valence electrons. The first-order valence-electron chi connectivity index (χ1n) is 10.7. The van der Waals surface area contributed by atoms with Crippen molar-refractivity contribution in [2.45, 2.75) is 13.5 Å². The van der Waals surface area contributed by atoms with Crippen molar-refractivity contribution in [2.75, 3.05) is 17.7 Å². The van der Waals surface area contributed by atoms with Gasteiger partial charge >= 0.3 is 0 Å². The van der Waals surface area contributed by atoms with Crippen molar-refractivity contribution in [3.63, 3.8) is 0 Å². The molecular formula is C25H22N6O4. The Bertz CT molecular complexity index is 1360. The van der Waals surface area contributed by atoms with Crippen LogP contribution in [0.2, 0.25) is 0 Å². The van der Waals surface area contributed by atoms with Crippen molar-refractivity contribution in [3.8, 4) is 17.1 Å². The van der Waals surface area contributed by atoms with Crippen LogP contribution in [-0.4, -0.2) is 44.9 Å². The molecule has 4 rings (SSSR count). The first-order valence-corrected chi connectivity index (χ1v) is 10.7. The van der Waals surface area contributed by atoms with Crippen molar-refractivity contribution in [1.82, 2.24) is 20.2 Å². The summed E-state index contributed by atoms with van der Waals surface area (Å²) >= 11 is 0. The number of aromatic nitrogens is 4. The van der Waals surface area contributed by atoms with E-state index in [0.717, 1.165) is 0 Å². The Morgan fingerprint density at radius 1 is 0.886 bits per heavy atom. The van der Waals surface area contributed by atoms with Crippen molar-refractivity contribution in [3.05, 3.63) is 83.9 Å². The minimum Gasteiger partial charge on any atom is -0.497 e. The number of amides is 2. The predicted octanol–water partition coefficient (Wildman–Crippen LogP) is 3.44. The Labute approximate surface area is 200 Å². The van der Waals surface area contributed by atoms with Crippen LogP contribution in [-0.2, 0) is 11.3 Å². The zero-order valence-electron chi connectivity index (χ0n) is 19.1. The van der Waals surface area contributed by atoms with Gasteiger partial charge in [0.25, 0.3) is 5.91 Å². The molecule has 0 aliphatic heterocycles. The third-order valence-electron chi connectivity index (χ3n) is 5.04. The third kappa shape index (κ3) is 5.93. The maximum atomic E-state index is 12.4. The predicted molar refractivity (Wildman–Crippen MR) is 129 cm³/mol. The number of anilines is 2. The van der Waals surface area contributed by atoms with E-state index in [-0.39, 0.29) is 24.1 Å². The molecule has 10 nitrogen and oxygen atoms in total. The molecule has 10 heteroatoms. The summed E-state index contributed by atoms with van der Waals surface area (Å²) < 4.78 is 5.10. The van der Waals surface area contributed by atoms with Gasteiger partial charge in [-0.1, -0.05) is 12.1 Å². The zero-order valence-corrected chi connectivity index (χ0v) is 19.1. The molecule has 0 saturated heterocycles. The highest BCUT2D eigenvalue weighted by atomic mass is 16.5. The highest BCUT2D eigenvalue weighted by molar-refractivity contribution is 6.04. The number of carbonyl (C=O) groups is 3. The molecule has 2 amide bonds.